The zero-order valence-electron chi connectivity index (χ0n) is 10.8. The van der Waals surface area contributed by atoms with Gasteiger partial charge in [0.05, 0.1) is 0 Å². The minimum absolute atomic E-state index is 0.503. The Bertz CT molecular complexity index is 503. The van der Waals surface area contributed by atoms with Crippen LogP contribution in [0.5, 0.6) is 0 Å². The lowest BCUT2D eigenvalue weighted by molar-refractivity contribution is 0.589. The Labute approximate surface area is 117 Å². The van der Waals surface area contributed by atoms with Crippen molar-refractivity contribution >= 4 is 15.9 Å². The van der Waals surface area contributed by atoms with E-state index in [4.69, 9.17) is 0 Å². The number of benzene rings is 2. The molecule has 0 radical (unpaired) electrons. The Morgan fingerprint density at radius 2 is 1.67 bits per heavy atom. The van der Waals surface area contributed by atoms with Gasteiger partial charge in [-0.05, 0) is 28.8 Å². The summed E-state index contributed by atoms with van der Waals surface area (Å²) in [5.74, 6) is 0. The molecule has 2 heteroatoms. The highest BCUT2D eigenvalue weighted by molar-refractivity contribution is 9.10. The van der Waals surface area contributed by atoms with Crippen molar-refractivity contribution in [1.29, 1.82) is 0 Å². The zero-order chi connectivity index (χ0) is 13.0. The molecule has 2 aromatic carbocycles. The molecule has 0 saturated heterocycles. The molecule has 0 bridgehead atoms. The molecule has 0 spiro atoms. The van der Waals surface area contributed by atoms with Crippen LogP contribution in [0.1, 0.15) is 19.4 Å². The number of halogens is 1. The maximum Gasteiger partial charge on any atom is 0.0214 e. The molecule has 0 amide bonds. The van der Waals surface area contributed by atoms with E-state index < -0.39 is 0 Å². The first-order chi connectivity index (χ1) is 8.66. The maximum absolute atomic E-state index is 3.47. The molecule has 0 fully saturated rings. The summed E-state index contributed by atoms with van der Waals surface area (Å²) in [7, 11) is 0. The van der Waals surface area contributed by atoms with Crippen LogP contribution in [-0.4, -0.2) is 6.04 Å². The third kappa shape index (κ3) is 3.44. The summed E-state index contributed by atoms with van der Waals surface area (Å²) < 4.78 is 1.11. The lowest BCUT2D eigenvalue weighted by Gasteiger charge is -2.13. The van der Waals surface area contributed by atoms with Crippen LogP contribution >= 0.6 is 15.9 Å². The van der Waals surface area contributed by atoms with Gasteiger partial charge >= 0.3 is 0 Å². The molecule has 1 nitrogen and oxygen atoms in total. The summed E-state index contributed by atoms with van der Waals surface area (Å²) in [6.07, 6.45) is 0. The van der Waals surface area contributed by atoms with E-state index in [0.29, 0.717) is 6.04 Å². The smallest absolute Gasteiger partial charge is 0.0214 e. The van der Waals surface area contributed by atoms with Gasteiger partial charge in [0.1, 0.15) is 0 Å². The molecule has 0 aromatic heterocycles. The average molecular weight is 304 g/mol. The molecule has 2 rings (SSSR count). The third-order valence-electron chi connectivity index (χ3n) is 2.87. The SMILES string of the molecule is CC(C)NCc1ccccc1-c1ccc(Br)cc1. The van der Waals surface area contributed by atoms with E-state index in [-0.39, 0.29) is 0 Å². The molecule has 0 atom stereocenters. The lowest BCUT2D eigenvalue weighted by Crippen LogP contribution is -2.22. The van der Waals surface area contributed by atoms with E-state index in [1.807, 2.05) is 0 Å². The second-order valence-corrected chi connectivity index (χ2v) is 5.62. The molecule has 1 N–H and O–H groups in total. The standard InChI is InChI=1S/C16H18BrN/c1-12(2)18-11-14-5-3-4-6-16(14)13-7-9-15(17)10-8-13/h3-10,12,18H,11H2,1-2H3. The summed E-state index contributed by atoms with van der Waals surface area (Å²) in [6.45, 7) is 5.24. The van der Waals surface area contributed by atoms with Crippen molar-refractivity contribution in [2.45, 2.75) is 26.4 Å². The van der Waals surface area contributed by atoms with E-state index in [1.54, 1.807) is 0 Å². The first-order valence-electron chi connectivity index (χ1n) is 6.24. The fourth-order valence-corrected chi connectivity index (χ4v) is 2.16. The van der Waals surface area contributed by atoms with Crippen LogP contribution in [-0.2, 0) is 6.54 Å². The van der Waals surface area contributed by atoms with E-state index >= 15 is 0 Å². The number of hydrogen-bond acceptors (Lipinski definition) is 1. The largest absolute Gasteiger partial charge is 0.310 e. The van der Waals surface area contributed by atoms with Crippen LogP contribution in [0.4, 0.5) is 0 Å². The van der Waals surface area contributed by atoms with Gasteiger partial charge in [-0.25, -0.2) is 0 Å². The Balaban J connectivity index is 2.29. The molecule has 94 valence electrons. The average Bonchev–Trinajstić information content (AvgIpc) is 2.38. The van der Waals surface area contributed by atoms with Crippen LogP contribution < -0.4 is 5.32 Å². The quantitative estimate of drug-likeness (QED) is 0.869. The van der Waals surface area contributed by atoms with Crippen molar-refractivity contribution in [3.05, 3.63) is 58.6 Å². The monoisotopic (exact) mass is 303 g/mol. The molecule has 0 aliphatic heterocycles. The summed E-state index contributed by atoms with van der Waals surface area (Å²) in [6, 6.07) is 17.5. The van der Waals surface area contributed by atoms with E-state index in [2.05, 4.69) is 83.6 Å². The normalized spacial score (nSPS) is 10.9. The Kier molecular flexibility index (Phi) is 4.56. The highest BCUT2D eigenvalue weighted by Crippen LogP contribution is 2.25. The minimum Gasteiger partial charge on any atom is -0.310 e. The summed E-state index contributed by atoms with van der Waals surface area (Å²) in [5.41, 5.74) is 3.91. The zero-order valence-corrected chi connectivity index (χ0v) is 12.4. The van der Waals surface area contributed by atoms with E-state index in [0.717, 1.165) is 11.0 Å². The van der Waals surface area contributed by atoms with Crippen molar-refractivity contribution in [1.82, 2.24) is 5.32 Å². The van der Waals surface area contributed by atoms with E-state index in [9.17, 15) is 0 Å². The highest BCUT2D eigenvalue weighted by atomic mass is 79.9. The van der Waals surface area contributed by atoms with Gasteiger partial charge in [0.2, 0.25) is 0 Å². The summed E-state index contributed by atoms with van der Waals surface area (Å²) in [4.78, 5) is 0. The van der Waals surface area contributed by atoms with Gasteiger partial charge in [0, 0.05) is 17.1 Å². The molecule has 0 saturated carbocycles. The second kappa shape index (κ2) is 6.17. The van der Waals surface area contributed by atoms with Gasteiger partial charge in [-0.2, -0.15) is 0 Å². The Morgan fingerprint density at radius 1 is 1.00 bits per heavy atom. The van der Waals surface area contributed by atoms with Crippen molar-refractivity contribution in [3.63, 3.8) is 0 Å². The molecule has 18 heavy (non-hydrogen) atoms. The van der Waals surface area contributed by atoms with Crippen LogP contribution in [0.2, 0.25) is 0 Å². The van der Waals surface area contributed by atoms with Gasteiger partial charge < -0.3 is 5.32 Å². The van der Waals surface area contributed by atoms with Crippen LogP contribution in [0.25, 0.3) is 11.1 Å². The number of nitrogens with one attached hydrogen (secondary N) is 1. The fourth-order valence-electron chi connectivity index (χ4n) is 1.90. The van der Waals surface area contributed by atoms with Gasteiger partial charge in [-0.3, -0.25) is 0 Å². The highest BCUT2D eigenvalue weighted by Gasteiger charge is 2.04. The molecule has 2 aromatic rings. The van der Waals surface area contributed by atoms with Crippen molar-refractivity contribution in [2.75, 3.05) is 0 Å². The Morgan fingerprint density at radius 3 is 2.33 bits per heavy atom. The lowest BCUT2D eigenvalue weighted by atomic mass is 9.99. The molecule has 0 heterocycles. The van der Waals surface area contributed by atoms with Crippen LogP contribution in [0, 0.1) is 0 Å². The fraction of sp³-hybridized carbons (Fsp3) is 0.250. The van der Waals surface area contributed by atoms with Crippen LogP contribution in [0.15, 0.2) is 53.0 Å². The molecule has 0 unspecified atom stereocenters. The molecule has 0 aliphatic rings. The predicted molar refractivity (Wildman–Crippen MR) is 81.6 cm³/mol. The number of rotatable bonds is 4. The Hall–Kier alpha value is -1.12. The second-order valence-electron chi connectivity index (χ2n) is 4.70. The van der Waals surface area contributed by atoms with Crippen molar-refractivity contribution < 1.29 is 0 Å². The van der Waals surface area contributed by atoms with Gasteiger partial charge in [-0.1, -0.05) is 66.2 Å². The molecular weight excluding hydrogens is 286 g/mol. The van der Waals surface area contributed by atoms with Crippen molar-refractivity contribution in [3.8, 4) is 11.1 Å². The maximum atomic E-state index is 3.47. The van der Waals surface area contributed by atoms with Gasteiger partial charge in [0.25, 0.3) is 0 Å². The predicted octanol–water partition coefficient (Wildman–Crippen LogP) is 4.61. The summed E-state index contributed by atoms with van der Waals surface area (Å²) >= 11 is 3.47. The van der Waals surface area contributed by atoms with E-state index in [1.165, 1.54) is 16.7 Å². The summed E-state index contributed by atoms with van der Waals surface area (Å²) in [5, 5.41) is 3.47. The van der Waals surface area contributed by atoms with Crippen LogP contribution in [0.3, 0.4) is 0 Å². The van der Waals surface area contributed by atoms with Gasteiger partial charge in [0.15, 0.2) is 0 Å². The minimum atomic E-state index is 0.503. The number of hydrogen-bond donors (Lipinski definition) is 1. The van der Waals surface area contributed by atoms with Gasteiger partial charge in [-0.15, -0.1) is 0 Å². The third-order valence-corrected chi connectivity index (χ3v) is 3.40. The topological polar surface area (TPSA) is 12.0 Å². The molecule has 0 aliphatic carbocycles. The molecular formula is C16H18BrN. The first-order valence-corrected chi connectivity index (χ1v) is 7.03. The van der Waals surface area contributed by atoms with Crippen molar-refractivity contribution in [2.24, 2.45) is 0 Å². The first kappa shape index (κ1) is 13.3.